The molecule has 1 aromatic heterocycles. The van der Waals surface area contributed by atoms with Crippen molar-refractivity contribution in [2.24, 2.45) is 5.92 Å². The number of rotatable bonds is 5. The van der Waals surface area contributed by atoms with Gasteiger partial charge in [-0.1, -0.05) is 0 Å². The van der Waals surface area contributed by atoms with Gasteiger partial charge in [0.1, 0.15) is 5.69 Å². The van der Waals surface area contributed by atoms with Crippen LogP contribution in [0.3, 0.4) is 0 Å². The molecular formula is C12H21N5O2. The van der Waals surface area contributed by atoms with Crippen LogP contribution >= 0.6 is 0 Å². The van der Waals surface area contributed by atoms with Crippen molar-refractivity contribution >= 4 is 11.5 Å². The number of hydrogen-bond acceptors (Lipinski definition) is 5. The number of anilines is 1. The van der Waals surface area contributed by atoms with Gasteiger partial charge in [0.15, 0.2) is 0 Å². The lowest BCUT2D eigenvalue weighted by Gasteiger charge is -2.18. The first kappa shape index (κ1) is 13.8. The molecule has 0 saturated carbocycles. The van der Waals surface area contributed by atoms with Crippen molar-refractivity contribution in [2.45, 2.75) is 26.8 Å². The van der Waals surface area contributed by atoms with Gasteiger partial charge in [0.05, 0.1) is 4.92 Å². The van der Waals surface area contributed by atoms with E-state index in [-0.39, 0.29) is 10.6 Å². The summed E-state index contributed by atoms with van der Waals surface area (Å²) in [7, 11) is 1.94. The second-order valence-corrected chi connectivity index (χ2v) is 4.99. The van der Waals surface area contributed by atoms with Crippen LogP contribution in [0.2, 0.25) is 0 Å². The average molecular weight is 267 g/mol. The molecule has 0 amide bonds. The molecule has 2 rings (SSSR count). The van der Waals surface area contributed by atoms with E-state index < -0.39 is 0 Å². The standard InChI is InChI=1S/C12H21N5O2/c1-4-16-12(11(17(18)19)9(2)14-16)15-6-5-10(8-15)7-13-3/h10,13H,4-8H2,1-3H3. The molecule has 106 valence electrons. The lowest BCUT2D eigenvalue weighted by Crippen LogP contribution is -2.26. The van der Waals surface area contributed by atoms with Crippen LogP contribution in [0.5, 0.6) is 0 Å². The predicted octanol–water partition coefficient (Wildman–Crippen LogP) is 1.17. The molecule has 0 spiro atoms. The van der Waals surface area contributed by atoms with E-state index in [0.717, 1.165) is 26.1 Å². The topological polar surface area (TPSA) is 76.2 Å². The first-order valence-corrected chi connectivity index (χ1v) is 6.69. The van der Waals surface area contributed by atoms with Gasteiger partial charge in [0, 0.05) is 19.6 Å². The van der Waals surface area contributed by atoms with Crippen LogP contribution in [0.4, 0.5) is 11.5 Å². The Labute approximate surface area is 112 Å². The molecule has 7 heteroatoms. The number of hydrogen-bond donors (Lipinski definition) is 1. The van der Waals surface area contributed by atoms with Crippen LogP contribution in [-0.2, 0) is 6.54 Å². The molecule has 0 bridgehead atoms. The fraction of sp³-hybridized carbons (Fsp3) is 0.750. The van der Waals surface area contributed by atoms with Crippen LogP contribution in [-0.4, -0.2) is 41.4 Å². The maximum absolute atomic E-state index is 11.2. The van der Waals surface area contributed by atoms with Gasteiger partial charge >= 0.3 is 5.69 Å². The zero-order chi connectivity index (χ0) is 14.0. The predicted molar refractivity (Wildman–Crippen MR) is 73.5 cm³/mol. The van der Waals surface area contributed by atoms with E-state index in [1.165, 1.54) is 0 Å². The van der Waals surface area contributed by atoms with Gasteiger partial charge in [-0.05, 0) is 39.8 Å². The van der Waals surface area contributed by atoms with E-state index in [1.54, 1.807) is 11.6 Å². The van der Waals surface area contributed by atoms with Crippen molar-refractivity contribution < 1.29 is 4.92 Å². The quantitative estimate of drug-likeness (QED) is 0.640. The lowest BCUT2D eigenvalue weighted by molar-refractivity contribution is -0.384. The van der Waals surface area contributed by atoms with E-state index in [1.807, 2.05) is 14.0 Å². The SMILES string of the molecule is CCn1nc(C)c([N+](=O)[O-])c1N1CCC(CNC)C1. The monoisotopic (exact) mass is 267 g/mol. The average Bonchev–Trinajstić information content (AvgIpc) is 2.93. The fourth-order valence-electron chi connectivity index (χ4n) is 2.79. The Balaban J connectivity index is 2.31. The minimum atomic E-state index is -0.310. The van der Waals surface area contributed by atoms with E-state index in [9.17, 15) is 10.1 Å². The Morgan fingerprint density at radius 2 is 2.32 bits per heavy atom. The van der Waals surface area contributed by atoms with Crippen molar-refractivity contribution in [1.29, 1.82) is 0 Å². The number of nitrogens with one attached hydrogen (secondary N) is 1. The third kappa shape index (κ3) is 2.56. The summed E-state index contributed by atoms with van der Waals surface area (Å²) in [5, 5.41) is 18.7. The van der Waals surface area contributed by atoms with Crippen LogP contribution in [0.15, 0.2) is 0 Å². The maximum Gasteiger partial charge on any atom is 0.333 e. The van der Waals surface area contributed by atoms with E-state index in [0.29, 0.717) is 24.0 Å². The molecule has 1 aliphatic rings. The van der Waals surface area contributed by atoms with Crippen LogP contribution in [0, 0.1) is 23.0 Å². The number of nitrogens with zero attached hydrogens (tertiary/aromatic N) is 4. The van der Waals surface area contributed by atoms with Gasteiger partial charge in [-0.3, -0.25) is 10.1 Å². The molecule has 1 N–H and O–H groups in total. The maximum atomic E-state index is 11.2. The van der Waals surface area contributed by atoms with E-state index in [4.69, 9.17) is 0 Å². The second kappa shape index (κ2) is 5.56. The number of nitro groups is 1. The number of aryl methyl sites for hydroxylation is 2. The Morgan fingerprint density at radius 3 is 2.89 bits per heavy atom. The third-order valence-corrected chi connectivity index (χ3v) is 3.63. The summed E-state index contributed by atoms with van der Waals surface area (Å²) in [6.07, 6.45) is 1.06. The zero-order valence-electron chi connectivity index (χ0n) is 11.7. The van der Waals surface area contributed by atoms with Crippen molar-refractivity contribution in [3.8, 4) is 0 Å². The molecule has 1 saturated heterocycles. The van der Waals surface area contributed by atoms with Crippen molar-refractivity contribution in [2.75, 3.05) is 31.6 Å². The normalized spacial score (nSPS) is 19.1. The van der Waals surface area contributed by atoms with Gasteiger partial charge in [0.2, 0.25) is 5.82 Å². The summed E-state index contributed by atoms with van der Waals surface area (Å²) in [5.74, 6) is 1.22. The first-order chi connectivity index (χ1) is 9.08. The minimum absolute atomic E-state index is 0.159. The molecule has 1 fully saturated rings. The molecule has 0 aliphatic carbocycles. The highest BCUT2D eigenvalue weighted by molar-refractivity contribution is 5.61. The molecule has 7 nitrogen and oxygen atoms in total. The summed E-state index contributed by atoms with van der Waals surface area (Å²) < 4.78 is 1.75. The van der Waals surface area contributed by atoms with Crippen molar-refractivity contribution in [1.82, 2.24) is 15.1 Å². The Bertz CT molecular complexity index is 471. The smallest absolute Gasteiger partial charge is 0.333 e. The van der Waals surface area contributed by atoms with Gasteiger partial charge in [0.25, 0.3) is 0 Å². The van der Waals surface area contributed by atoms with Crippen LogP contribution < -0.4 is 10.2 Å². The highest BCUT2D eigenvalue weighted by atomic mass is 16.6. The molecule has 0 aromatic carbocycles. The summed E-state index contributed by atoms with van der Waals surface area (Å²) in [6, 6.07) is 0. The second-order valence-electron chi connectivity index (χ2n) is 4.99. The summed E-state index contributed by atoms with van der Waals surface area (Å²) >= 11 is 0. The Kier molecular flexibility index (Phi) is 4.04. The summed E-state index contributed by atoms with van der Waals surface area (Å²) in [5.41, 5.74) is 0.658. The van der Waals surface area contributed by atoms with Gasteiger partial charge < -0.3 is 10.2 Å². The molecule has 0 radical (unpaired) electrons. The van der Waals surface area contributed by atoms with Crippen LogP contribution in [0.1, 0.15) is 19.0 Å². The van der Waals surface area contributed by atoms with Crippen molar-refractivity contribution in [3.05, 3.63) is 15.8 Å². The molecule has 1 aliphatic heterocycles. The van der Waals surface area contributed by atoms with E-state index in [2.05, 4.69) is 15.3 Å². The van der Waals surface area contributed by atoms with Gasteiger partial charge in [-0.15, -0.1) is 0 Å². The zero-order valence-corrected chi connectivity index (χ0v) is 11.7. The molecule has 1 atom stereocenters. The van der Waals surface area contributed by atoms with Crippen LogP contribution in [0.25, 0.3) is 0 Å². The molecule has 19 heavy (non-hydrogen) atoms. The third-order valence-electron chi connectivity index (χ3n) is 3.63. The molecule has 1 aromatic rings. The fourth-order valence-corrected chi connectivity index (χ4v) is 2.79. The lowest BCUT2D eigenvalue weighted by atomic mass is 10.1. The number of aromatic nitrogens is 2. The largest absolute Gasteiger partial charge is 0.351 e. The van der Waals surface area contributed by atoms with E-state index >= 15 is 0 Å². The van der Waals surface area contributed by atoms with Crippen molar-refractivity contribution in [3.63, 3.8) is 0 Å². The Hall–Kier alpha value is -1.63. The highest BCUT2D eigenvalue weighted by Gasteiger charge is 2.33. The summed E-state index contributed by atoms with van der Waals surface area (Å²) in [6.45, 7) is 6.97. The molecule has 2 heterocycles. The molecule has 1 unspecified atom stereocenters. The minimum Gasteiger partial charge on any atom is -0.351 e. The first-order valence-electron chi connectivity index (χ1n) is 6.69. The highest BCUT2D eigenvalue weighted by Crippen LogP contribution is 2.34. The van der Waals surface area contributed by atoms with Gasteiger partial charge in [-0.2, -0.15) is 5.10 Å². The molecular weight excluding hydrogens is 246 g/mol. The summed E-state index contributed by atoms with van der Waals surface area (Å²) in [4.78, 5) is 13.0. The Morgan fingerprint density at radius 1 is 1.58 bits per heavy atom. The van der Waals surface area contributed by atoms with Gasteiger partial charge in [-0.25, -0.2) is 4.68 Å².